The van der Waals surface area contributed by atoms with E-state index >= 15 is 0 Å². The van der Waals surface area contributed by atoms with Gasteiger partial charge in [0.2, 0.25) is 11.0 Å². The maximum absolute atomic E-state index is 12.4. The van der Waals surface area contributed by atoms with Crippen LogP contribution in [0, 0.1) is 11.3 Å². The molecule has 1 heterocycles. The first-order valence-corrected chi connectivity index (χ1v) is 9.92. The molecule has 2 N–H and O–H groups in total. The first kappa shape index (κ1) is 18.9. The standard InChI is InChI=1S/C19H17N5OS2/c1-13(17(25)22-16-9-5-8-15(10-16)11-20)26-19-24-23-18(27-19)21-12-14-6-3-2-4-7-14/h2-10,13H,12H2,1H3,(H,21,23)(H,22,25). The minimum atomic E-state index is -0.342. The van der Waals surface area contributed by atoms with Gasteiger partial charge in [-0.1, -0.05) is 59.5 Å². The largest absolute Gasteiger partial charge is 0.356 e. The highest BCUT2D eigenvalue weighted by atomic mass is 32.2. The average molecular weight is 396 g/mol. The lowest BCUT2D eigenvalue weighted by atomic mass is 10.2. The number of nitrogens with one attached hydrogen (secondary N) is 2. The highest BCUT2D eigenvalue weighted by Gasteiger charge is 2.17. The van der Waals surface area contributed by atoms with Crippen molar-refractivity contribution in [2.24, 2.45) is 0 Å². The van der Waals surface area contributed by atoms with Crippen LogP contribution in [-0.4, -0.2) is 21.4 Å². The third-order valence-corrected chi connectivity index (χ3v) is 5.66. The van der Waals surface area contributed by atoms with Gasteiger partial charge in [-0.25, -0.2) is 0 Å². The van der Waals surface area contributed by atoms with E-state index in [1.807, 2.05) is 37.3 Å². The van der Waals surface area contributed by atoms with Crippen LogP contribution < -0.4 is 10.6 Å². The van der Waals surface area contributed by atoms with Gasteiger partial charge in [0.1, 0.15) is 0 Å². The molecule has 1 aromatic heterocycles. The summed E-state index contributed by atoms with van der Waals surface area (Å²) in [6.07, 6.45) is 0. The fraction of sp³-hybridized carbons (Fsp3) is 0.158. The Balaban J connectivity index is 1.53. The number of carbonyl (C=O) groups excluding carboxylic acids is 1. The molecule has 136 valence electrons. The Kier molecular flexibility index (Phi) is 6.41. The Morgan fingerprint density at radius 2 is 2.04 bits per heavy atom. The lowest BCUT2D eigenvalue weighted by Crippen LogP contribution is -2.22. The summed E-state index contributed by atoms with van der Waals surface area (Å²) in [6.45, 7) is 2.48. The van der Waals surface area contributed by atoms with E-state index in [9.17, 15) is 4.79 Å². The molecular weight excluding hydrogens is 378 g/mol. The smallest absolute Gasteiger partial charge is 0.237 e. The highest BCUT2D eigenvalue weighted by Crippen LogP contribution is 2.29. The average Bonchev–Trinajstić information content (AvgIpc) is 3.14. The van der Waals surface area contributed by atoms with Crippen LogP contribution in [0.4, 0.5) is 10.8 Å². The predicted molar refractivity (Wildman–Crippen MR) is 109 cm³/mol. The molecule has 2 aromatic carbocycles. The molecular formula is C19H17N5OS2. The summed E-state index contributed by atoms with van der Waals surface area (Å²) in [5, 5.41) is 23.6. The lowest BCUT2D eigenvalue weighted by molar-refractivity contribution is -0.115. The molecule has 27 heavy (non-hydrogen) atoms. The second kappa shape index (κ2) is 9.16. The number of hydrogen-bond acceptors (Lipinski definition) is 7. The quantitative estimate of drug-likeness (QED) is 0.584. The number of thioether (sulfide) groups is 1. The van der Waals surface area contributed by atoms with Gasteiger partial charge < -0.3 is 10.6 Å². The molecule has 1 amide bonds. The zero-order chi connectivity index (χ0) is 19.1. The summed E-state index contributed by atoms with van der Waals surface area (Å²) in [5.41, 5.74) is 2.27. The molecule has 0 aliphatic carbocycles. The van der Waals surface area contributed by atoms with Gasteiger partial charge in [0.05, 0.1) is 16.9 Å². The van der Waals surface area contributed by atoms with Crippen LogP contribution in [0.1, 0.15) is 18.1 Å². The monoisotopic (exact) mass is 395 g/mol. The molecule has 6 nitrogen and oxygen atoms in total. The van der Waals surface area contributed by atoms with Gasteiger partial charge >= 0.3 is 0 Å². The topological polar surface area (TPSA) is 90.7 Å². The lowest BCUT2D eigenvalue weighted by Gasteiger charge is -2.10. The summed E-state index contributed by atoms with van der Waals surface area (Å²) < 4.78 is 0.721. The Morgan fingerprint density at radius 1 is 1.22 bits per heavy atom. The molecule has 0 bridgehead atoms. The molecule has 0 saturated carbocycles. The molecule has 0 fully saturated rings. The summed E-state index contributed by atoms with van der Waals surface area (Å²) in [4.78, 5) is 12.4. The SMILES string of the molecule is CC(Sc1nnc(NCc2ccccc2)s1)C(=O)Nc1cccc(C#N)c1. The summed E-state index contributed by atoms with van der Waals surface area (Å²) in [7, 11) is 0. The Hall–Kier alpha value is -2.89. The van der Waals surface area contributed by atoms with Crippen molar-refractivity contribution in [1.82, 2.24) is 10.2 Å². The van der Waals surface area contributed by atoms with Crippen molar-refractivity contribution in [2.45, 2.75) is 23.1 Å². The summed E-state index contributed by atoms with van der Waals surface area (Å²) >= 11 is 2.77. The van der Waals surface area contributed by atoms with Crippen LogP contribution in [-0.2, 0) is 11.3 Å². The van der Waals surface area contributed by atoms with E-state index in [0.29, 0.717) is 17.8 Å². The number of nitrogens with zero attached hydrogens (tertiary/aromatic N) is 3. The van der Waals surface area contributed by atoms with Gasteiger partial charge in [-0.15, -0.1) is 10.2 Å². The van der Waals surface area contributed by atoms with Gasteiger partial charge in [0.15, 0.2) is 4.34 Å². The second-order valence-corrected chi connectivity index (χ2v) is 8.22. The zero-order valence-corrected chi connectivity index (χ0v) is 16.2. The molecule has 0 aliphatic rings. The first-order valence-electron chi connectivity index (χ1n) is 8.23. The number of nitriles is 1. The van der Waals surface area contributed by atoms with Crippen LogP contribution in [0.5, 0.6) is 0 Å². The third-order valence-electron chi connectivity index (χ3n) is 3.60. The predicted octanol–water partition coefficient (Wildman–Crippen LogP) is 4.14. The number of rotatable bonds is 7. The molecule has 0 radical (unpaired) electrons. The minimum Gasteiger partial charge on any atom is -0.356 e. The third kappa shape index (κ3) is 5.54. The van der Waals surface area contributed by atoms with Crippen LogP contribution >= 0.6 is 23.1 Å². The molecule has 0 spiro atoms. The Bertz CT molecular complexity index is 952. The number of anilines is 2. The van der Waals surface area contributed by atoms with Crippen molar-refractivity contribution < 1.29 is 4.79 Å². The van der Waals surface area contributed by atoms with Crippen molar-refractivity contribution in [2.75, 3.05) is 10.6 Å². The maximum atomic E-state index is 12.4. The molecule has 0 aliphatic heterocycles. The van der Waals surface area contributed by atoms with Gasteiger partial charge in [0, 0.05) is 12.2 Å². The van der Waals surface area contributed by atoms with Crippen molar-refractivity contribution in [1.29, 1.82) is 5.26 Å². The fourth-order valence-electron chi connectivity index (χ4n) is 2.22. The zero-order valence-electron chi connectivity index (χ0n) is 14.5. The molecule has 3 rings (SSSR count). The summed E-state index contributed by atoms with van der Waals surface area (Å²) in [5.74, 6) is -0.149. The number of benzene rings is 2. The van der Waals surface area contributed by atoms with Crippen molar-refractivity contribution >= 4 is 39.8 Å². The van der Waals surface area contributed by atoms with Crippen molar-refractivity contribution in [3.05, 3.63) is 65.7 Å². The van der Waals surface area contributed by atoms with E-state index in [2.05, 4.69) is 26.9 Å². The number of aromatic nitrogens is 2. The molecule has 1 atom stereocenters. The summed E-state index contributed by atoms with van der Waals surface area (Å²) in [6, 6.07) is 18.9. The van der Waals surface area contributed by atoms with E-state index in [-0.39, 0.29) is 11.2 Å². The van der Waals surface area contributed by atoms with Crippen LogP contribution in [0.25, 0.3) is 0 Å². The number of carbonyl (C=O) groups is 1. The van der Waals surface area contributed by atoms with E-state index in [4.69, 9.17) is 5.26 Å². The van der Waals surface area contributed by atoms with E-state index < -0.39 is 0 Å². The number of amides is 1. The second-order valence-electron chi connectivity index (χ2n) is 5.65. The minimum absolute atomic E-state index is 0.149. The maximum Gasteiger partial charge on any atom is 0.237 e. The van der Waals surface area contributed by atoms with Gasteiger partial charge in [-0.05, 0) is 30.7 Å². The Morgan fingerprint density at radius 3 is 2.81 bits per heavy atom. The molecule has 8 heteroatoms. The van der Waals surface area contributed by atoms with Crippen LogP contribution in [0.15, 0.2) is 58.9 Å². The molecule has 0 saturated heterocycles. The molecule has 3 aromatic rings. The van der Waals surface area contributed by atoms with Gasteiger partial charge in [-0.2, -0.15) is 5.26 Å². The van der Waals surface area contributed by atoms with E-state index in [0.717, 1.165) is 15.0 Å². The van der Waals surface area contributed by atoms with Gasteiger partial charge in [-0.3, -0.25) is 4.79 Å². The first-order chi connectivity index (χ1) is 13.1. The normalized spacial score (nSPS) is 11.4. The van der Waals surface area contributed by atoms with Crippen LogP contribution in [0.3, 0.4) is 0 Å². The van der Waals surface area contributed by atoms with E-state index in [1.54, 1.807) is 24.3 Å². The van der Waals surface area contributed by atoms with Crippen molar-refractivity contribution in [3.63, 3.8) is 0 Å². The number of hydrogen-bond donors (Lipinski definition) is 2. The van der Waals surface area contributed by atoms with E-state index in [1.165, 1.54) is 23.1 Å². The highest BCUT2D eigenvalue weighted by molar-refractivity contribution is 8.02. The van der Waals surface area contributed by atoms with Gasteiger partial charge in [0.25, 0.3) is 0 Å². The molecule has 1 unspecified atom stereocenters. The fourth-order valence-corrected chi connectivity index (χ4v) is 4.11. The van der Waals surface area contributed by atoms with Crippen molar-refractivity contribution in [3.8, 4) is 6.07 Å². The Labute approximate surface area is 165 Å². The van der Waals surface area contributed by atoms with Crippen LogP contribution in [0.2, 0.25) is 0 Å².